The van der Waals surface area contributed by atoms with Crippen molar-refractivity contribution in [1.29, 1.82) is 0 Å². The fourth-order valence-electron chi connectivity index (χ4n) is 3.42. The molecule has 0 fully saturated rings. The number of carbonyl (C=O) groups is 1. The number of rotatable bonds is 5. The van der Waals surface area contributed by atoms with E-state index in [1.807, 2.05) is 45.9 Å². The van der Waals surface area contributed by atoms with Crippen molar-refractivity contribution in [2.24, 2.45) is 0 Å². The van der Waals surface area contributed by atoms with Gasteiger partial charge in [-0.1, -0.05) is 43.7 Å². The largest absolute Gasteiger partial charge is 0.497 e. The third-order valence-corrected chi connectivity index (χ3v) is 5.90. The predicted octanol–water partition coefficient (Wildman–Crippen LogP) is 5.66. The molecule has 31 heavy (non-hydrogen) atoms. The minimum absolute atomic E-state index is 0.0593. The molecule has 0 aliphatic rings. The number of methoxy groups -OCH3 is 1. The smallest absolute Gasteiger partial charge is 0.263 e. The van der Waals surface area contributed by atoms with Crippen molar-refractivity contribution in [3.05, 3.63) is 81.2 Å². The van der Waals surface area contributed by atoms with E-state index in [4.69, 9.17) is 4.74 Å². The van der Waals surface area contributed by atoms with Crippen LogP contribution in [0, 0.1) is 13.8 Å². The number of carbonyl (C=O) groups excluding carboxylic acids is 1. The van der Waals surface area contributed by atoms with E-state index in [1.54, 1.807) is 31.4 Å². The van der Waals surface area contributed by atoms with Gasteiger partial charge in [0.2, 0.25) is 0 Å². The zero-order chi connectivity index (χ0) is 22.5. The summed E-state index contributed by atoms with van der Waals surface area (Å²) in [5.74, 6) is 0.526. The highest BCUT2D eigenvalue weighted by Crippen LogP contribution is 2.35. The third kappa shape index (κ3) is 4.59. The van der Waals surface area contributed by atoms with Crippen LogP contribution in [0.25, 0.3) is 21.3 Å². The van der Waals surface area contributed by atoms with Gasteiger partial charge in [-0.3, -0.25) is 14.2 Å². The maximum Gasteiger partial charge on any atom is 0.263 e. The molecular formula is C25H26N2O3S. The number of fused-ring (bicyclic) bond motifs is 1. The Balaban J connectivity index is 0.00000132. The molecule has 2 aromatic carbocycles. The molecule has 0 aliphatic heterocycles. The van der Waals surface area contributed by atoms with E-state index in [2.05, 4.69) is 11.1 Å². The molecule has 0 unspecified atom stereocenters. The minimum atomic E-state index is -0.197. The summed E-state index contributed by atoms with van der Waals surface area (Å²) in [7, 11) is 1.58. The summed E-state index contributed by atoms with van der Waals surface area (Å²) in [6, 6.07) is 14.9. The Hall–Kier alpha value is -3.25. The van der Waals surface area contributed by atoms with Crippen LogP contribution in [0.5, 0.6) is 5.75 Å². The average molecular weight is 435 g/mol. The lowest BCUT2D eigenvalue weighted by Crippen LogP contribution is -2.24. The molecule has 0 radical (unpaired) electrons. The SMILES string of the molecule is CC.COc1ccc(C(=O)Cn2cnc3sc(C)c(-c4cccc(C)c4)c3c2=O)cc1. The molecular weight excluding hydrogens is 408 g/mol. The second-order valence-corrected chi connectivity index (χ2v) is 8.12. The summed E-state index contributed by atoms with van der Waals surface area (Å²) in [5.41, 5.74) is 3.35. The number of aryl methyl sites for hydroxylation is 2. The summed E-state index contributed by atoms with van der Waals surface area (Å²) < 4.78 is 6.51. The zero-order valence-electron chi connectivity index (χ0n) is 18.4. The average Bonchev–Trinajstić information content (AvgIpc) is 3.13. The Morgan fingerprint density at radius 1 is 1.10 bits per heavy atom. The lowest BCUT2D eigenvalue weighted by Gasteiger charge is -2.07. The lowest BCUT2D eigenvalue weighted by atomic mass is 10.0. The van der Waals surface area contributed by atoms with E-state index in [0.29, 0.717) is 21.5 Å². The Morgan fingerprint density at radius 2 is 1.81 bits per heavy atom. The Bertz CT molecular complexity index is 1270. The number of aromatic nitrogens is 2. The van der Waals surface area contributed by atoms with Crippen molar-refractivity contribution < 1.29 is 9.53 Å². The van der Waals surface area contributed by atoms with Gasteiger partial charge in [0, 0.05) is 16.0 Å². The van der Waals surface area contributed by atoms with Crippen molar-refractivity contribution in [3.63, 3.8) is 0 Å². The minimum Gasteiger partial charge on any atom is -0.497 e. The second kappa shape index (κ2) is 9.71. The summed E-state index contributed by atoms with van der Waals surface area (Å²) in [4.78, 5) is 32.1. The summed E-state index contributed by atoms with van der Waals surface area (Å²) in [5, 5.41) is 0.572. The van der Waals surface area contributed by atoms with Crippen LogP contribution in [0.1, 0.15) is 34.6 Å². The summed E-state index contributed by atoms with van der Waals surface area (Å²) in [6.07, 6.45) is 1.46. The lowest BCUT2D eigenvalue weighted by molar-refractivity contribution is 0.0970. The Morgan fingerprint density at radius 3 is 2.45 bits per heavy atom. The number of ether oxygens (including phenoxy) is 1. The number of thiophene rings is 1. The van der Waals surface area contributed by atoms with Gasteiger partial charge in [-0.05, 0) is 43.7 Å². The molecule has 0 saturated heterocycles. The normalized spacial score (nSPS) is 10.5. The van der Waals surface area contributed by atoms with Crippen LogP contribution in [0.3, 0.4) is 0 Å². The van der Waals surface area contributed by atoms with Crippen molar-refractivity contribution in [1.82, 2.24) is 9.55 Å². The molecule has 0 aliphatic carbocycles. The maximum absolute atomic E-state index is 13.2. The first kappa shape index (κ1) is 22.4. The first-order valence-corrected chi connectivity index (χ1v) is 11.0. The highest BCUT2D eigenvalue weighted by Gasteiger charge is 2.18. The molecule has 0 saturated carbocycles. The van der Waals surface area contributed by atoms with Crippen molar-refractivity contribution in [3.8, 4) is 16.9 Å². The van der Waals surface area contributed by atoms with Gasteiger partial charge < -0.3 is 4.74 Å². The van der Waals surface area contributed by atoms with Gasteiger partial charge in [-0.2, -0.15) is 0 Å². The summed E-state index contributed by atoms with van der Waals surface area (Å²) in [6.45, 7) is 7.96. The topological polar surface area (TPSA) is 61.2 Å². The molecule has 0 spiro atoms. The zero-order valence-corrected chi connectivity index (χ0v) is 19.2. The standard InChI is InChI=1S/C23H20N2O3S.C2H6/c1-14-5-4-6-17(11-14)20-15(2)29-22-21(20)23(27)25(13-24-22)12-19(26)16-7-9-18(28-3)10-8-16;1-2/h4-11,13H,12H2,1-3H3;1-2H3. The van der Waals surface area contributed by atoms with Gasteiger partial charge in [0.15, 0.2) is 5.78 Å². The molecule has 2 heterocycles. The van der Waals surface area contributed by atoms with E-state index < -0.39 is 0 Å². The maximum atomic E-state index is 13.2. The van der Waals surface area contributed by atoms with E-state index in [0.717, 1.165) is 21.6 Å². The Labute approximate surface area is 186 Å². The molecule has 0 amide bonds. The van der Waals surface area contributed by atoms with E-state index in [9.17, 15) is 9.59 Å². The summed E-state index contributed by atoms with van der Waals surface area (Å²) >= 11 is 1.50. The number of hydrogen-bond donors (Lipinski definition) is 0. The van der Waals surface area contributed by atoms with Gasteiger partial charge in [0.05, 0.1) is 25.4 Å². The Kier molecular flexibility index (Phi) is 7.02. The third-order valence-electron chi connectivity index (χ3n) is 4.89. The number of Topliss-reactive ketones (excluding diaryl/α,β-unsaturated/α-hetero) is 1. The second-order valence-electron chi connectivity index (χ2n) is 6.91. The van der Waals surface area contributed by atoms with Gasteiger partial charge >= 0.3 is 0 Å². The highest BCUT2D eigenvalue weighted by molar-refractivity contribution is 7.19. The monoisotopic (exact) mass is 434 g/mol. The first-order valence-electron chi connectivity index (χ1n) is 10.2. The van der Waals surface area contributed by atoms with Gasteiger partial charge in [-0.25, -0.2) is 4.98 Å². The van der Waals surface area contributed by atoms with Gasteiger partial charge in [0.25, 0.3) is 5.56 Å². The van der Waals surface area contributed by atoms with Crippen LogP contribution in [0.15, 0.2) is 59.7 Å². The van der Waals surface area contributed by atoms with Crippen LogP contribution in [-0.2, 0) is 6.54 Å². The van der Waals surface area contributed by atoms with Crippen molar-refractivity contribution in [2.45, 2.75) is 34.2 Å². The highest BCUT2D eigenvalue weighted by atomic mass is 32.1. The number of hydrogen-bond acceptors (Lipinski definition) is 5. The van der Waals surface area contributed by atoms with Crippen molar-refractivity contribution in [2.75, 3.05) is 7.11 Å². The molecule has 5 nitrogen and oxygen atoms in total. The number of ketones is 1. The van der Waals surface area contributed by atoms with Crippen LogP contribution < -0.4 is 10.3 Å². The van der Waals surface area contributed by atoms with Crippen LogP contribution in [0.4, 0.5) is 0 Å². The molecule has 0 N–H and O–H groups in total. The fraction of sp³-hybridized carbons (Fsp3) is 0.240. The van der Waals surface area contributed by atoms with Gasteiger partial charge in [-0.15, -0.1) is 11.3 Å². The quantitative estimate of drug-likeness (QED) is 0.380. The molecule has 4 aromatic rings. The predicted molar refractivity (Wildman–Crippen MR) is 127 cm³/mol. The molecule has 0 atom stereocenters. The van der Waals surface area contributed by atoms with Crippen molar-refractivity contribution >= 4 is 27.3 Å². The number of benzene rings is 2. The van der Waals surface area contributed by atoms with E-state index in [1.165, 1.54) is 22.2 Å². The van der Waals surface area contributed by atoms with E-state index in [-0.39, 0.29) is 17.9 Å². The molecule has 160 valence electrons. The van der Waals surface area contributed by atoms with Crippen LogP contribution >= 0.6 is 11.3 Å². The molecule has 0 bridgehead atoms. The molecule has 4 rings (SSSR count). The van der Waals surface area contributed by atoms with Gasteiger partial charge in [0.1, 0.15) is 10.6 Å². The molecule has 2 aromatic heterocycles. The molecule has 6 heteroatoms. The van der Waals surface area contributed by atoms with E-state index >= 15 is 0 Å². The van der Waals surface area contributed by atoms with Crippen LogP contribution in [0.2, 0.25) is 0 Å². The van der Waals surface area contributed by atoms with Crippen LogP contribution in [-0.4, -0.2) is 22.4 Å². The number of nitrogens with zero attached hydrogens (tertiary/aromatic N) is 2. The first-order chi connectivity index (χ1) is 15.0. The fourth-order valence-corrected chi connectivity index (χ4v) is 4.42.